The first-order valence-corrected chi connectivity index (χ1v) is 16.0. The van der Waals surface area contributed by atoms with E-state index in [9.17, 15) is 0 Å². The summed E-state index contributed by atoms with van der Waals surface area (Å²) >= 11 is 0. The van der Waals surface area contributed by atoms with Gasteiger partial charge >= 0.3 is 0 Å². The SMILES string of the molecule is CCc1ccc2c(c1)Oc1cc(CC)cc3c4cc(-c5ccc6c(c5)c5cc(C)ccc5n6-c5ccc(C)cc5)ccc4n-2c13. The zero-order valence-electron chi connectivity index (χ0n) is 26.1. The van der Waals surface area contributed by atoms with Gasteiger partial charge in [0.1, 0.15) is 0 Å². The molecule has 2 aromatic heterocycles. The van der Waals surface area contributed by atoms with Gasteiger partial charge in [0.15, 0.2) is 11.5 Å². The molecule has 0 saturated heterocycles. The van der Waals surface area contributed by atoms with Crippen LogP contribution in [0.25, 0.3) is 66.1 Å². The molecule has 8 aromatic rings. The normalized spacial score (nSPS) is 12.4. The second-order valence-electron chi connectivity index (χ2n) is 12.6. The minimum atomic E-state index is 0.934. The topological polar surface area (TPSA) is 19.1 Å². The predicted molar refractivity (Wildman–Crippen MR) is 189 cm³/mol. The molecule has 9 rings (SSSR count). The number of nitrogens with zero attached hydrogens (tertiary/aromatic N) is 2. The zero-order valence-corrected chi connectivity index (χ0v) is 26.1. The van der Waals surface area contributed by atoms with Gasteiger partial charge in [0.05, 0.1) is 27.8 Å². The summed E-state index contributed by atoms with van der Waals surface area (Å²) in [6.45, 7) is 8.73. The number of aryl methyl sites for hydroxylation is 4. The van der Waals surface area contributed by atoms with Crippen molar-refractivity contribution in [1.29, 1.82) is 0 Å². The van der Waals surface area contributed by atoms with Gasteiger partial charge in [0, 0.05) is 27.2 Å². The summed E-state index contributed by atoms with van der Waals surface area (Å²) in [6, 6.07) is 40.8. The highest BCUT2D eigenvalue weighted by Gasteiger charge is 2.25. The van der Waals surface area contributed by atoms with Crippen LogP contribution in [0.5, 0.6) is 11.5 Å². The smallest absolute Gasteiger partial charge is 0.152 e. The van der Waals surface area contributed by atoms with E-state index < -0.39 is 0 Å². The maximum Gasteiger partial charge on any atom is 0.152 e. The fourth-order valence-corrected chi connectivity index (χ4v) is 7.33. The van der Waals surface area contributed by atoms with Gasteiger partial charge in [-0.25, -0.2) is 0 Å². The summed E-state index contributed by atoms with van der Waals surface area (Å²) in [4.78, 5) is 0. The Morgan fingerprint density at radius 2 is 1.09 bits per heavy atom. The maximum atomic E-state index is 6.60. The molecule has 1 aliphatic heterocycles. The molecule has 0 unspecified atom stereocenters. The summed E-state index contributed by atoms with van der Waals surface area (Å²) in [5.41, 5.74) is 14.7. The Kier molecular flexibility index (Phi) is 5.58. The second-order valence-corrected chi connectivity index (χ2v) is 12.6. The molecule has 0 saturated carbocycles. The molecule has 0 aliphatic carbocycles. The average molecular weight is 583 g/mol. The first kappa shape index (κ1) is 26.2. The quantitative estimate of drug-likeness (QED) is 0.202. The van der Waals surface area contributed by atoms with E-state index in [1.54, 1.807) is 0 Å². The Morgan fingerprint density at radius 3 is 1.80 bits per heavy atom. The molecule has 6 aromatic carbocycles. The van der Waals surface area contributed by atoms with Crippen molar-refractivity contribution < 1.29 is 4.74 Å². The molecule has 3 heteroatoms. The van der Waals surface area contributed by atoms with Gasteiger partial charge in [0.2, 0.25) is 0 Å². The second kappa shape index (κ2) is 9.61. The molecule has 1 aliphatic rings. The Morgan fingerprint density at radius 1 is 0.489 bits per heavy atom. The Balaban J connectivity index is 1.28. The van der Waals surface area contributed by atoms with Gasteiger partial charge in [-0.05, 0) is 122 Å². The van der Waals surface area contributed by atoms with Crippen LogP contribution in [0, 0.1) is 13.8 Å². The lowest BCUT2D eigenvalue weighted by atomic mass is 9.99. The van der Waals surface area contributed by atoms with Gasteiger partial charge < -0.3 is 13.9 Å². The molecular formula is C42H34N2O. The summed E-state index contributed by atoms with van der Waals surface area (Å²) in [5, 5.41) is 5.07. The monoisotopic (exact) mass is 582 g/mol. The van der Waals surface area contributed by atoms with Crippen LogP contribution in [0.2, 0.25) is 0 Å². The number of hydrogen-bond acceptors (Lipinski definition) is 1. The molecule has 0 amide bonds. The highest BCUT2D eigenvalue weighted by Crippen LogP contribution is 2.47. The number of aromatic nitrogens is 2. The Bertz CT molecular complexity index is 2490. The standard InChI is InChI=1S/C42H34N2O/c1-5-27-10-16-39-40(21-27)45-41-22-28(6-2)20-35-34-24-30(12-18-38(34)44(39)42(35)41)29-11-17-37-33(23-29)32-19-26(4)9-15-36(32)43(37)31-13-7-25(3)8-14-31/h7-24H,5-6H2,1-4H3. The molecule has 0 N–H and O–H groups in total. The summed E-state index contributed by atoms with van der Waals surface area (Å²) in [7, 11) is 0. The maximum absolute atomic E-state index is 6.60. The molecule has 0 atom stereocenters. The van der Waals surface area contributed by atoms with E-state index in [4.69, 9.17) is 4.74 Å². The van der Waals surface area contributed by atoms with Gasteiger partial charge in [-0.3, -0.25) is 0 Å². The minimum Gasteiger partial charge on any atom is -0.453 e. The lowest BCUT2D eigenvalue weighted by Gasteiger charge is -2.22. The zero-order chi connectivity index (χ0) is 30.4. The lowest BCUT2D eigenvalue weighted by Crippen LogP contribution is -2.05. The van der Waals surface area contributed by atoms with Crippen molar-refractivity contribution in [2.45, 2.75) is 40.5 Å². The van der Waals surface area contributed by atoms with Crippen molar-refractivity contribution in [3.8, 4) is 34.0 Å². The number of benzene rings is 6. The van der Waals surface area contributed by atoms with Gasteiger partial charge in [-0.1, -0.05) is 61.4 Å². The van der Waals surface area contributed by atoms with Crippen molar-refractivity contribution >= 4 is 43.6 Å². The van der Waals surface area contributed by atoms with E-state index in [1.807, 2.05) is 0 Å². The summed E-state index contributed by atoms with van der Waals surface area (Å²) in [6.07, 6.45) is 1.94. The van der Waals surface area contributed by atoms with Crippen LogP contribution in [0.4, 0.5) is 0 Å². The van der Waals surface area contributed by atoms with Crippen molar-refractivity contribution in [1.82, 2.24) is 9.13 Å². The third-order valence-corrected chi connectivity index (χ3v) is 9.73. The third kappa shape index (κ3) is 3.83. The van der Waals surface area contributed by atoms with Crippen LogP contribution in [0.1, 0.15) is 36.1 Å². The molecule has 0 fully saturated rings. The summed E-state index contributed by atoms with van der Waals surface area (Å²) < 4.78 is 11.4. The van der Waals surface area contributed by atoms with E-state index in [0.29, 0.717) is 0 Å². The van der Waals surface area contributed by atoms with Gasteiger partial charge in [0.25, 0.3) is 0 Å². The van der Waals surface area contributed by atoms with Crippen molar-refractivity contribution in [3.63, 3.8) is 0 Å². The predicted octanol–water partition coefficient (Wildman–Crippen LogP) is 11.4. The molecule has 0 bridgehead atoms. The van der Waals surface area contributed by atoms with E-state index in [2.05, 4.69) is 146 Å². The van der Waals surface area contributed by atoms with Crippen LogP contribution in [0.3, 0.4) is 0 Å². The highest BCUT2D eigenvalue weighted by atomic mass is 16.5. The van der Waals surface area contributed by atoms with E-state index in [-0.39, 0.29) is 0 Å². The highest BCUT2D eigenvalue weighted by molar-refractivity contribution is 6.14. The van der Waals surface area contributed by atoms with Gasteiger partial charge in [-0.2, -0.15) is 0 Å². The van der Waals surface area contributed by atoms with Crippen molar-refractivity contribution in [2.75, 3.05) is 0 Å². The van der Waals surface area contributed by atoms with Crippen LogP contribution in [-0.2, 0) is 12.8 Å². The number of fused-ring (bicyclic) bond motifs is 8. The molecule has 0 radical (unpaired) electrons. The first-order chi connectivity index (χ1) is 22.0. The molecular weight excluding hydrogens is 548 g/mol. The summed E-state index contributed by atoms with van der Waals surface area (Å²) in [5.74, 6) is 1.88. The molecule has 3 nitrogen and oxygen atoms in total. The molecule has 0 spiro atoms. The number of rotatable bonds is 4. The largest absolute Gasteiger partial charge is 0.453 e. The van der Waals surface area contributed by atoms with Crippen molar-refractivity contribution in [3.05, 3.63) is 131 Å². The Labute approximate surface area is 262 Å². The third-order valence-electron chi connectivity index (χ3n) is 9.73. The van der Waals surface area contributed by atoms with Crippen LogP contribution < -0.4 is 4.74 Å². The van der Waals surface area contributed by atoms with Crippen LogP contribution in [0.15, 0.2) is 109 Å². The Hall–Kier alpha value is -5.28. The van der Waals surface area contributed by atoms with Gasteiger partial charge in [-0.15, -0.1) is 0 Å². The molecule has 45 heavy (non-hydrogen) atoms. The van der Waals surface area contributed by atoms with Crippen LogP contribution in [-0.4, -0.2) is 9.13 Å². The first-order valence-electron chi connectivity index (χ1n) is 16.0. The fraction of sp³-hybridized carbons (Fsp3) is 0.143. The van der Waals surface area contributed by atoms with Crippen LogP contribution >= 0.6 is 0 Å². The van der Waals surface area contributed by atoms with E-state index >= 15 is 0 Å². The number of ether oxygens (including phenoxy) is 1. The number of hydrogen-bond donors (Lipinski definition) is 0. The van der Waals surface area contributed by atoms with E-state index in [1.165, 1.54) is 77.2 Å². The van der Waals surface area contributed by atoms with E-state index in [0.717, 1.165) is 35.5 Å². The fourth-order valence-electron chi connectivity index (χ4n) is 7.33. The lowest BCUT2D eigenvalue weighted by molar-refractivity contribution is 0.475. The minimum absolute atomic E-state index is 0.934. The molecule has 3 heterocycles. The molecule has 218 valence electrons. The van der Waals surface area contributed by atoms with Crippen molar-refractivity contribution in [2.24, 2.45) is 0 Å². The average Bonchev–Trinajstić information content (AvgIpc) is 3.57.